The zero-order valence-corrected chi connectivity index (χ0v) is 26.7. The zero-order chi connectivity index (χ0) is 30.9. The van der Waals surface area contributed by atoms with Crippen LogP contribution in [-0.2, 0) is 30.9 Å². The summed E-state index contributed by atoms with van der Waals surface area (Å²) in [7, 11) is 0. The summed E-state index contributed by atoms with van der Waals surface area (Å²) in [4.78, 5) is 21.0. The summed E-state index contributed by atoms with van der Waals surface area (Å²) in [5, 5.41) is 1.77. The van der Waals surface area contributed by atoms with Gasteiger partial charge in [-0.05, 0) is 72.1 Å². The van der Waals surface area contributed by atoms with Crippen molar-refractivity contribution in [1.82, 2.24) is 4.90 Å². The second kappa shape index (κ2) is 15.2. The van der Waals surface area contributed by atoms with Crippen molar-refractivity contribution < 1.29 is 14.3 Å². The molecule has 8 heteroatoms. The highest BCUT2D eigenvalue weighted by atomic mass is 35.5. The van der Waals surface area contributed by atoms with Crippen LogP contribution in [0.15, 0.2) is 114 Å². The topological polar surface area (TPSA) is 51.1 Å². The van der Waals surface area contributed by atoms with E-state index >= 15 is 0 Å². The molecular weight excluding hydrogens is 611 g/mol. The number of nitrogens with zero attached hydrogens (tertiary/aromatic N) is 2. The molecule has 4 aromatic carbocycles. The Morgan fingerprint density at radius 2 is 1.64 bits per heavy atom. The van der Waals surface area contributed by atoms with Gasteiger partial charge in [0.05, 0.1) is 24.6 Å². The monoisotopic (exact) mass is 642 g/mol. The van der Waals surface area contributed by atoms with Gasteiger partial charge in [-0.1, -0.05) is 96.0 Å². The summed E-state index contributed by atoms with van der Waals surface area (Å²) >= 11 is 13.8. The largest absolute Gasteiger partial charge is 0.490 e. The van der Waals surface area contributed by atoms with Gasteiger partial charge in [0.15, 0.2) is 16.7 Å². The quantitative estimate of drug-likeness (QED) is 0.114. The van der Waals surface area contributed by atoms with Crippen molar-refractivity contribution >= 4 is 52.1 Å². The van der Waals surface area contributed by atoms with Gasteiger partial charge >= 0.3 is 0 Å². The Morgan fingerprint density at radius 3 is 2.32 bits per heavy atom. The third-order valence-electron chi connectivity index (χ3n) is 6.81. The summed E-state index contributed by atoms with van der Waals surface area (Å²) < 4.78 is 12.3. The summed E-state index contributed by atoms with van der Waals surface area (Å²) in [6, 6.07) is 29.2. The van der Waals surface area contributed by atoms with Gasteiger partial charge in [0.1, 0.15) is 6.61 Å². The zero-order valence-electron chi connectivity index (χ0n) is 24.3. The molecule has 1 aliphatic rings. The molecule has 0 saturated carbocycles. The number of allylic oxidation sites excluding steroid dienone is 1. The third-order valence-corrected chi connectivity index (χ3v) is 8.45. The van der Waals surface area contributed by atoms with Crippen LogP contribution in [0.2, 0.25) is 10.0 Å². The Kier molecular flexibility index (Phi) is 10.8. The minimum Gasteiger partial charge on any atom is -0.490 e. The molecule has 4 aromatic rings. The van der Waals surface area contributed by atoms with Gasteiger partial charge in [-0.15, -0.1) is 6.58 Å². The van der Waals surface area contributed by atoms with Crippen molar-refractivity contribution in [3.63, 3.8) is 0 Å². The summed E-state index contributed by atoms with van der Waals surface area (Å²) in [6.45, 7) is 7.46. The number of aliphatic imine (C=N–C) groups is 1. The molecule has 1 aliphatic heterocycles. The van der Waals surface area contributed by atoms with Crippen molar-refractivity contribution in [3.05, 3.63) is 146 Å². The molecule has 0 atom stereocenters. The van der Waals surface area contributed by atoms with Crippen LogP contribution in [0, 0.1) is 0 Å². The first-order valence-corrected chi connectivity index (χ1v) is 15.8. The molecule has 0 bridgehead atoms. The van der Waals surface area contributed by atoms with Gasteiger partial charge < -0.3 is 9.47 Å². The van der Waals surface area contributed by atoms with Crippen LogP contribution in [0.5, 0.6) is 11.5 Å². The Labute approximate surface area is 272 Å². The molecule has 1 fully saturated rings. The number of benzene rings is 4. The number of carbonyl (C=O) groups is 1. The first-order chi connectivity index (χ1) is 21.4. The summed E-state index contributed by atoms with van der Waals surface area (Å²) in [6.07, 6.45) is 4.26. The molecule has 0 aromatic heterocycles. The lowest BCUT2D eigenvalue weighted by atomic mass is 10.0. The van der Waals surface area contributed by atoms with Gasteiger partial charge in [0.25, 0.3) is 5.91 Å². The molecule has 0 N–H and O–H groups in total. The van der Waals surface area contributed by atoms with Crippen LogP contribution in [0.25, 0.3) is 6.08 Å². The van der Waals surface area contributed by atoms with Crippen molar-refractivity contribution in [1.29, 1.82) is 0 Å². The fourth-order valence-electron chi connectivity index (χ4n) is 4.71. The number of rotatable bonds is 12. The SMILES string of the molecule is C=CCc1cc(/C=C2/SC(=NCc3ccccc3)N(Cc3ccccc3)C2=O)cc(OCC)c1OCc1ccc(Cl)cc1Cl. The van der Waals surface area contributed by atoms with Crippen molar-refractivity contribution in [2.24, 2.45) is 4.99 Å². The second-order valence-electron chi connectivity index (χ2n) is 10.0. The van der Waals surface area contributed by atoms with E-state index < -0.39 is 0 Å². The lowest BCUT2D eigenvalue weighted by Gasteiger charge is -2.17. The number of hydrogen-bond acceptors (Lipinski definition) is 5. The maximum atomic E-state index is 13.8. The fourth-order valence-corrected chi connectivity index (χ4v) is 6.15. The van der Waals surface area contributed by atoms with Crippen molar-refractivity contribution in [3.8, 4) is 11.5 Å². The average molecular weight is 644 g/mol. The molecule has 5 nitrogen and oxygen atoms in total. The number of ether oxygens (including phenoxy) is 2. The minimum absolute atomic E-state index is 0.0911. The number of amides is 1. The molecule has 0 radical (unpaired) electrons. The van der Waals surface area contributed by atoms with Crippen LogP contribution in [0.3, 0.4) is 0 Å². The maximum absolute atomic E-state index is 13.8. The first-order valence-electron chi connectivity index (χ1n) is 14.3. The number of amidine groups is 1. The predicted molar refractivity (Wildman–Crippen MR) is 182 cm³/mol. The average Bonchev–Trinajstić information content (AvgIpc) is 3.31. The van der Waals surface area contributed by atoms with E-state index in [1.54, 1.807) is 17.0 Å². The van der Waals surface area contributed by atoms with Gasteiger partial charge in [-0.25, -0.2) is 0 Å². The third kappa shape index (κ3) is 7.94. The Balaban J connectivity index is 1.47. The second-order valence-corrected chi connectivity index (χ2v) is 11.9. The molecule has 1 amide bonds. The Bertz CT molecular complexity index is 1690. The van der Waals surface area contributed by atoms with Crippen molar-refractivity contribution in [2.45, 2.75) is 33.0 Å². The lowest BCUT2D eigenvalue weighted by molar-refractivity contribution is -0.122. The first kappa shape index (κ1) is 31.5. The van der Waals surface area contributed by atoms with E-state index in [1.807, 2.05) is 97.9 Å². The number of thioether (sulfide) groups is 1. The number of carbonyl (C=O) groups excluding carboxylic acids is 1. The van der Waals surface area contributed by atoms with Crippen LogP contribution >= 0.6 is 35.0 Å². The molecule has 0 spiro atoms. The van der Waals surface area contributed by atoms with E-state index in [9.17, 15) is 4.79 Å². The van der Waals surface area contributed by atoms with Crippen LogP contribution in [0.4, 0.5) is 0 Å². The van der Waals surface area contributed by atoms with Crippen LogP contribution in [0.1, 0.15) is 34.7 Å². The van der Waals surface area contributed by atoms with E-state index in [4.69, 9.17) is 37.7 Å². The maximum Gasteiger partial charge on any atom is 0.267 e. The minimum atomic E-state index is -0.0911. The number of hydrogen-bond donors (Lipinski definition) is 0. The number of halogens is 2. The standard InChI is InChI=1S/C36H32Cl2N2O3S/c1-3-11-28-18-27(19-32(42-4-2)34(28)43-24-29-16-17-30(37)21-31(29)38)20-33-35(41)40(23-26-14-9-6-10-15-26)36(44-33)39-22-25-12-7-5-8-13-25/h3,5-10,12-21H,1,4,11,22-24H2,2H3/b33-20+,39-36?. The molecule has 0 unspecified atom stereocenters. The highest BCUT2D eigenvalue weighted by Crippen LogP contribution is 2.39. The van der Waals surface area contributed by atoms with E-state index in [0.717, 1.165) is 27.8 Å². The molecule has 0 aliphatic carbocycles. The molecule has 224 valence electrons. The van der Waals surface area contributed by atoms with Gasteiger partial charge in [-0.2, -0.15) is 0 Å². The van der Waals surface area contributed by atoms with E-state index in [2.05, 4.69) is 6.58 Å². The lowest BCUT2D eigenvalue weighted by Crippen LogP contribution is -2.28. The smallest absolute Gasteiger partial charge is 0.267 e. The van der Waals surface area contributed by atoms with Crippen LogP contribution in [-0.4, -0.2) is 22.6 Å². The predicted octanol–water partition coefficient (Wildman–Crippen LogP) is 9.37. The Morgan fingerprint density at radius 1 is 0.909 bits per heavy atom. The van der Waals surface area contributed by atoms with Crippen LogP contribution < -0.4 is 9.47 Å². The van der Waals surface area contributed by atoms with Crippen molar-refractivity contribution in [2.75, 3.05) is 6.61 Å². The fraction of sp³-hybridized carbons (Fsp3) is 0.167. The molecule has 5 rings (SSSR count). The normalized spacial score (nSPS) is 14.8. The highest BCUT2D eigenvalue weighted by molar-refractivity contribution is 8.18. The van der Waals surface area contributed by atoms with E-state index in [1.165, 1.54) is 11.8 Å². The van der Waals surface area contributed by atoms with E-state index in [-0.39, 0.29) is 12.5 Å². The van der Waals surface area contributed by atoms with Gasteiger partial charge in [0, 0.05) is 21.2 Å². The Hall–Kier alpha value is -3.97. The molecule has 1 saturated heterocycles. The van der Waals surface area contributed by atoms with Gasteiger partial charge in [-0.3, -0.25) is 14.7 Å². The summed E-state index contributed by atoms with van der Waals surface area (Å²) in [5.74, 6) is 1.10. The van der Waals surface area contributed by atoms with Gasteiger partial charge in [0.2, 0.25) is 0 Å². The molecule has 1 heterocycles. The molecular formula is C36H32Cl2N2O3S. The highest BCUT2D eigenvalue weighted by Gasteiger charge is 2.33. The van der Waals surface area contributed by atoms with E-state index in [0.29, 0.717) is 57.7 Å². The summed E-state index contributed by atoms with van der Waals surface area (Å²) in [5.41, 5.74) is 4.63. The molecule has 44 heavy (non-hydrogen) atoms.